The molecule has 0 saturated carbocycles. The number of likely N-dealkylation sites (tertiary alicyclic amines) is 1. The molecular weight excluding hydrogens is 332 g/mol. The first-order chi connectivity index (χ1) is 12.1. The van der Waals surface area contributed by atoms with Crippen molar-refractivity contribution in [3.63, 3.8) is 0 Å². The highest BCUT2D eigenvalue weighted by Gasteiger charge is 2.27. The Kier molecular flexibility index (Phi) is 6.11. The minimum atomic E-state index is 0.110. The van der Waals surface area contributed by atoms with Crippen LogP contribution < -0.4 is 5.32 Å². The van der Waals surface area contributed by atoms with Crippen LogP contribution in [0.2, 0.25) is 5.02 Å². The van der Waals surface area contributed by atoms with Gasteiger partial charge in [-0.15, -0.1) is 0 Å². The molecule has 0 aliphatic carbocycles. The molecule has 0 bridgehead atoms. The summed E-state index contributed by atoms with van der Waals surface area (Å²) >= 11 is 6.15. The van der Waals surface area contributed by atoms with Crippen molar-refractivity contribution in [1.29, 1.82) is 0 Å². The quantitative estimate of drug-likeness (QED) is 0.840. The summed E-state index contributed by atoms with van der Waals surface area (Å²) in [5, 5.41) is 3.92. The maximum atomic E-state index is 12.3. The third kappa shape index (κ3) is 4.83. The van der Waals surface area contributed by atoms with Gasteiger partial charge in [-0.3, -0.25) is 9.69 Å². The molecule has 1 heterocycles. The van der Waals surface area contributed by atoms with Gasteiger partial charge >= 0.3 is 0 Å². The number of nitrogens with one attached hydrogen (secondary N) is 1. The molecule has 1 amide bonds. The molecule has 2 atom stereocenters. The number of hydrogen-bond acceptors (Lipinski definition) is 2. The first-order valence-corrected chi connectivity index (χ1v) is 9.33. The summed E-state index contributed by atoms with van der Waals surface area (Å²) in [6.45, 7) is 4.16. The second-order valence-corrected chi connectivity index (χ2v) is 7.13. The topological polar surface area (TPSA) is 32.3 Å². The van der Waals surface area contributed by atoms with E-state index in [1.165, 1.54) is 5.56 Å². The van der Waals surface area contributed by atoms with Gasteiger partial charge in [0, 0.05) is 36.6 Å². The van der Waals surface area contributed by atoms with E-state index in [2.05, 4.69) is 41.4 Å². The fourth-order valence-electron chi connectivity index (χ4n) is 3.45. The molecule has 0 radical (unpaired) electrons. The Hall–Kier alpha value is -1.84. The van der Waals surface area contributed by atoms with E-state index in [-0.39, 0.29) is 11.9 Å². The zero-order valence-corrected chi connectivity index (χ0v) is 15.4. The molecule has 3 nitrogen and oxygen atoms in total. The predicted octanol–water partition coefficient (Wildman–Crippen LogP) is 4.22. The summed E-state index contributed by atoms with van der Waals surface area (Å²) in [7, 11) is 0. The lowest BCUT2D eigenvalue weighted by Gasteiger charge is -2.24. The number of halogens is 1. The van der Waals surface area contributed by atoms with Gasteiger partial charge in [-0.05, 0) is 37.0 Å². The van der Waals surface area contributed by atoms with Gasteiger partial charge in [0.25, 0.3) is 0 Å². The van der Waals surface area contributed by atoms with Crippen LogP contribution in [-0.4, -0.2) is 29.9 Å². The van der Waals surface area contributed by atoms with Gasteiger partial charge in [-0.25, -0.2) is 0 Å². The number of nitrogens with zero attached hydrogens (tertiary/aromatic N) is 1. The first-order valence-electron chi connectivity index (χ1n) is 8.95. The summed E-state index contributed by atoms with van der Waals surface area (Å²) in [5.74, 6) is 0.110. The zero-order valence-electron chi connectivity index (χ0n) is 14.6. The van der Waals surface area contributed by atoms with Gasteiger partial charge in [0.05, 0.1) is 0 Å². The minimum absolute atomic E-state index is 0.110. The Morgan fingerprint density at radius 2 is 1.92 bits per heavy atom. The van der Waals surface area contributed by atoms with Gasteiger partial charge in [0.15, 0.2) is 0 Å². The monoisotopic (exact) mass is 356 g/mol. The van der Waals surface area contributed by atoms with Crippen molar-refractivity contribution in [3.8, 4) is 0 Å². The van der Waals surface area contributed by atoms with Crippen molar-refractivity contribution in [2.75, 3.05) is 13.1 Å². The predicted molar refractivity (Wildman–Crippen MR) is 103 cm³/mol. The molecule has 1 saturated heterocycles. The van der Waals surface area contributed by atoms with Gasteiger partial charge in [-0.2, -0.15) is 0 Å². The van der Waals surface area contributed by atoms with Crippen LogP contribution in [0.1, 0.15) is 36.9 Å². The molecule has 132 valence electrons. The summed E-state index contributed by atoms with van der Waals surface area (Å²) in [6, 6.07) is 18.9. The standard InChI is InChI=1S/C21H25ClN2O/c1-16(17-7-3-2-4-8-17)24-14-13-19(15-24)23-21(25)12-11-18-9-5-6-10-20(18)22/h2-10,16,19H,11-15H2,1H3,(H,23,25). The second kappa shape index (κ2) is 8.50. The lowest BCUT2D eigenvalue weighted by atomic mass is 10.1. The van der Waals surface area contributed by atoms with Crippen LogP contribution in [0.4, 0.5) is 0 Å². The van der Waals surface area contributed by atoms with E-state index in [1.54, 1.807) is 0 Å². The summed E-state index contributed by atoms with van der Waals surface area (Å²) < 4.78 is 0. The molecule has 1 fully saturated rings. The van der Waals surface area contributed by atoms with Crippen LogP contribution in [-0.2, 0) is 11.2 Å². The normalized spacial score (nSPS) is 18.9. The largest absolute Gasteiger partial charge is 0.352 e. The van der Waals surface area contributed by atoms with Gasteiger partial charge in [0.2, 0.25) is 5.91 Å². The number of benzene rings is 2. The molecule has 2 aromatic rings. The second-order valence-electron chi connectivity index (χ2n) is 6.73. The van der Waals surface area contributed by atoms with Crippen molar-refractivity contribution in [2.24, 2.45) is 0 Å². The van der Waals surface area contributed by atoms with Gasteiger partial charge < -0.3 is 5.32 Å². The van der Waals surface area contributed by atoms with E-state index in [0.29, 0.717) is 18.9 Å². The lowest BCUT2D eigenvalue weighted by molar-refractivity contribution is -0.121. The Bertz CT molecular complexity index is 704. The highest BCUT2D eigenvalue weighted by molar-refractivity contribution is 6.31. The molecule has 0 spiro atoms. The average molecular weight is 357 g/mol. The SMILES string of the molecule is CC(c1ccccc1)N1CCC(NC(=O)CCc2ccccc2Cl)C1. The molecule has 25 heavy (non-hydrogen) atoms. The third-order valence-corrected chi connectivity index (χ3v) is 5.36. The van der Waals surface area contributed by atoms with Crippen LogP contribution in [0.25, 0.3) is 0 Å². The summed E-state index contributed by atoms with van der Waals surface area (Å²) in [4.78, 5) is 14.7. The first kappa shape index (κ1) is 18.0. The van der Waals surface area contributed by atoms with Gasteiger partial charge in [-0.1, -0.05) is 60.1 Å². The zero-order chi connectivity index (χ0) is 17.6. The highest BCUT2D eigenvalue weighted by Crippen LogP contribution is 2.24. The Labute approximate surface area is 155 Å². The number of carbonyl (C=O) groups excluding carboxylic acids is 1. The van der Waals surface area contributed by atoms with Crippen molar-refractivity contribution in [2.45, 2.75) is 38.3 Å². The smallest absolute Gasteiger partial charge is 0.220 e. The van der Waals surface area contributed by atoms with E-state index < -0.39 is 0 Å². The number of carbonyl (C=O) groups is 1. The van der Waals surface area contributed by atoms with E-state index in [4.69, 9.17) is 11.6 Å². The van der Waals surface area contributed by atoms with E-state index in [9.17, 15) is 4.79 Å². The molecule has 1 N–H and O–H groups in total. The Morgan fingerprint density at radius 3 is 2.68 bits per heavy atom. The molecule has 4 heteroatoms. The third-order valence-electron chi connectivity index (χ3n) is 4.99. The summed E-state index contributed by atoms with van der Waals surface area (Å²) in [5.41, 5.74) is 2.36. The van der Waals surface area contributed by atoms with Crippen LogP contribution in [0, 0.1) is 0 Å². The van der Waals surface area contributed by atoms with Crippen molar-refractivity contribution in [3.05, 3.63) is 70.7 Å². The summed E-state index contributed by atoms with van der Waals surface area (Å²) in [6.07, 6.45) is 2.17. The molecule has 1 aliphatic rings. The van der Waals surface area contributed by atoms with Gasteiger partial charge in [0.1, 0.15) is 0 Å². The maximum Gasteiger partial charge on any atom is 0.220 e. The van der Waals surface area contributed by atoms with E-state index in [1.807, 2.05) is 30.3 Å². The van der Waals surface area contributed by atoms with Crippen LogP contribution in [0.5, 0.6) is 0 Å². The highest BCUT2D eigenvalue weighted by atomic mass is 35.5. The molecule has 2 aromatic carbocycles. The van der Waals surface area contributed by atoms with Crippen molar-refractivity contribution >= 4 is 17.5 Å². The fraction of sp³-hybridized carbons (Fsp3) is 0.381. The average Bonchev–Trinajstić information content (AvgIpc) is 3.09. The van der Waals surface area contributed by atoms with Crippen molar-refractivity contribution < 1.29 is 4.79 Å². The number of aryl methyl sites for hydroxylation is 1. The molecule has 0 aromatic heterocycles. The number of rotatable bonds is 6. The van der Waals surface area contributed by atoms with E-state index >= 15 is 0 Å². The number of hydrogen-bond donors (Lipinski definition) is 1. The minimum Gasteiger partial charge on any atom is -0.352 e. The van der Waals surface area contributed by atoms with E-state index in [0.717, 1.165) is 30.1 Å². The molecule has 2 unspecified atom stereocenters. The van der Waals surface area contributed by atoms with Crippen LogP contribution >= 0.6 is 11.6 Å². The molecule has 1 aliphatic heterocycles. The van der Waals surface area contributed by atoms with Crippen LogP contribution in [0.3, 0.4) is 0 Å². The van der Waals surface area contributed by atoms with Crippen LogP contribution in [0.15, 0.2) is 54.6 Å². The Balaban J connectivity index is 1.46. The number of amides is 1. The Morgan fingerprint density at radius 1 is 1.20 bits per heavy atom. The van der Waals surface area contributed by atoms with Crippen molar-refractivity contribution in [1.82, 2.24) is 10.2 Å². The molecule has 3 rings (SSSR count). The maximum absolute atomic E-state index is 12.3. The molecular formula is C21H25ClN2O. The fourth-order valence-corrected chi connectivity index (χ4v) is 3.68. The lowest BCUT2D eigenvalue weighted by Crippen LogP contribution is -2.37.